The first-order chi connectivity index (χ1) is 8.20. The first-order valence-electron chi connectivity index (χ1n) is 5.76. The summed E-state index contributed by atoms with van der Waals surface area (Å²) in [7, 11) is 0. The van der Waals surface area contributed by atoms with E-state index in [1.807, 2.05) is 37.3 Å². The van der Waals surface area contributed by atoms with Gasteiger partial charge in [-0.3, -0.25) is 0 Å². The van der Waals surface area contributed by atoms with Gasteiger partial charge in [0.2, 0.25) is 0 Å². The van der Waals surface area contributed by atoms with E-state index in [0.717, 1.165) is 28.7 Å². The molecule has 0 amide bonds. The van der Waals surface area contributed by atoms with Crippen LogP contribution in [0.3, 0.4) is 0 Å². The molecule has 90 valence electrons. The third-order valence-electron chi connectivity index (χ3n) is 2.64. The van der Waals surface area contributed by atoms with E-state index < -0.39 is 0 Å². The van der Waals surface area contributed by atoms with Gasteiger partial charge < -0.3 is 9.73 Å². The Morgan fingerprint density at radius 1 is 1.29 bits per heavy atom. The van der Waals surface area contributed by atoms with Gasteiger partial charge in [-0.1, -0.05) is 30.7 Å². The lowest BCUT2D eigenvalue weighted by atomic mass is 10.0. The number of nitrogens with one attached hydrogen (secondary N) is 1. The highest BCUT2D eigenvalue weighted by Gasteiger charge is 2.16. The van der Waals surface area contributed by atoms with Crippen LogP contribution in [0.15, 0.2) is 40.8 Å². The van der Waals surface area contributed by atoms with Crippen molar-refractivity contribution in [2.45, 2.75) is 19.9 Å². The molecule has 1 N–H and O–H groups in total. The smallest absolute Gasteiger partial charge is 0.125 e. The lowest BCUT2D eigenvalue weighted by molar-refractivity contribution is 0.435. The summed E-state index contributed by atoms with van der Waals surface area (Å²) in [6.45, 7) is 4.90. The maximum absolute atomic E-state index is 6.02. The Labute approximate surface area is 107 Å². The summed E-state index contributed by atoms with van der Waals surface area (Å²) in [6.07, 6.45) is 0. The minimum atomic E-state index is 0.0624. The first-order valence-corrected chi connectivity index (χ1v) is 6.13. The van der Waals surface area contributed by atoms with Gasteiger partial charge in [-0.2, -0.15) is 0 Å². The molecule has 1 atom stereocenters. The van der Waals surface area contributed by atoms with E-state index in [4.69, 9.17) is 16.0 Å². The van der Waals surface area contributed by atoms with Crippen LogP contribution in [0.4, 0.5) is 0 Å². The summed E-state index contributed by atoms with van der Waals surface area (Å²) < 4.78 is 5.69. The minimum Gasteiger partial charge on any atom is -0.464 e. The van der Waals surface area contributed by atoms with Crippen molar-refractivity contribution in [1.82, 2.24) is 5.32 Å². The minimum absolute atomic E-state index is 0.0624. The van der Waals surface area contributed by atoms with E-state index in [1.165, 1.54) is 0 Å². The number of benzene rings is 1. The van der Waals surface area contributed by atoms with Crippen LogP contribution in [-0.4, -0.2) is 6.54 Å². The molecule has 2 rings (SSSR count). The van der Waals surface area contributed by atoms with Gasteiger partial charge in [-0.15, -0.1) is 0 Å². The van der Waals surface area contributed by atoms with Crippen molar-refractivity contribution in [3.63, 3.8) is 0 Å². The molecular formula is C14H16ClNO. The summed E-state index contributed by atoms with van der Waals surface area (Å²) in [4.78, 5) is 0. The first kappa shape index (κ1) is 12.2. The molecule has 0 spiro atoms. The van der Waals surface area contributed by atoms with E-state index in [0.29, 0.717) is 0 Å². The second-order valence-corrected chi connectivity index (χ2v) is 4.43. The SMILES string of the molecule is CCNC(c1cccc(Cl)c1)c1ccc(C)o1. The Kier molecular flexibility index (Phi) is 3.87. The highest BCUT2D eigenvalue weighted by Crippen LogP contribution is 2.25. The van der Waals surface area contributed by atoms with Crippen LogP contribution in [0, 0.1) is 6.92 Å². The molecule has 0 aliphatic heterocycles. The quantitative estimate of drug-likeness (QED) is 0.888. The Morgan fingerprint density at radius 2 is 2.12 bits per heavy atom. The van der Waals surface area contributed by atoms with Gasteiger partial charge in [0, 0.05) is 5.02 Å². The van der Waals surface area contributed by atoms with Crippen LogP contribution >= 0.6 is 11.6 Å². The molecule has 0 bridgehead atoms. The molecule has 1 aromatic carbocycles. The molecule has 2 aromatic rings. The summed E-state index contributed by atoms with van der Waals surface area (Å²) in [5, 5.41) is 4.15. The van der Waals surface area contributed by atoms with Crippen molar-refractivity contribution < 1.29 is 4.42 Å². The molecule has 0 aliphatic carbocycles. The van der Waals surface area contributed by atoms with Crippen LogP contribution in [0.2, 0.25) is 5.02 Å². The second kappa shape index (κ2) is 5.39. The van der Waals surface area contributed by atoms with Crippen molar-refractivity contribution in [2.24, 2.45) is 0 Å². The third-order valence-corrected chi connectivity index (χ3v) is 2.87. The molecule has 1 aromatic heterocycles. The topological polar surface area (TPSA) is 25.2 Å². The molecule has 0 radical (unpaired) electrons. The van der Waals surface area contributed by atoms with Gasteiger partial charge in [0.1, 0.15) is 11.5 Å². The van der Waals surface area contributed by atoms with Gasteiger partial charge in [-0.05, 0) is 43.3 Å². The Balaban J connectivity index is 2.35. The summed E-state index contributed by atoms with van der Waals surface area (Å²) in [5.74, 6) is 1.84. The number of hydrogen-bond acceptors (Lipinski definition) is 2. The Bertz CT molecular complexity index is 492. The molecule has 1 unspecified atom stereocenters. The highest BCUT2D eigenvalue weighted by molar-refractivity contribution is 6.30. The highest BCUT2D eigenvalue weighted by atomic mass is 35.5. The predicted molar refractivity (Wildman–Crippen MR) is 70.4 cm³/mol. The maximum atomic E-state index is 6.02. The fourth-order valence-corrected chi connectivity index (χ4v) is 2.08. The van der Waals surface area contributed by atoms with Gasteiger partial charge in [0.05, 0.1) is 6.04 Å². The average molecular weight is 250 g/mol. The number of halogens is 1. The van der Waals surface area contributed by atoms with E-state index in [1.54, 1.807) is 0 Å². The fraction of sp³-hybridized carbons (Fsp3) is 0.286. The number of rotatable bonds is 4. The molecule has 3 heteroatoms. The molecular weight excluding hydrogens is 234 g/mol. The molecule has 0 aliphatic rings. The van der Waals surface area contributed by atoms with Crippen LogP contribution < -0.4 is 5.32 Å². The summed E-state index contributed by atoms with van der Waals surface area (Å²) >= 11 is 6.02. The fourth-order valence-electron chi connectivity index (χ4n) is 1.88. The summed E-state index contributed by atoms with van der Waals surface area (Å²) in [6, 6.07) is 11.9. The van der Waals surface area contributed by atoms with Crippen LogP contribution in [-0.2, 0) is 0 Å². The van der Waals surface area contributed by atoms with E-state index in [2.05, 4.69) is 18.3 Å². The molecule has 0 fully saturated rings. The van der Waals surface area contributed by atoms with Crippen molar-refractivity contribution in [2.75, 3.05) is 6.54 Å². The van der Waals surface area contributed by atoms with Gasteiger partial charge in [-0.25, -0.2) is 0 Å². The van der Waals surface area contributed by atoms with Crippen molar-refractivity contribution in [1.29, 1.82) is 0 Å². The Morgan fingerprint density at radius 3 is 2.71 bits per heavy atom. The van der Waals surface area contributed by atoms with E-state index >= 15 is 0 Å². The van der Waals surface area contributed by atoms with Gasteiger partial charge >= 0.3 is 0 Å². The lowest BCUT2D eigenvalue weighted by Crippen LogP contribution is -2.21. The van der Waals surface area contributed by atoms with E-state index in [9.17, 15) is 0 Å². The zero-order chi connectivity index (χ0) is 12.3. The third kappa shape index (κ3) is 2.90. The standard InChI is InChI=1S/C14H16ClNO/c1-3-16-14(13-8-7-10(2)17-13)11-5-4-6-12(15)9-11/h4-9,14,16H,3H2,1-2H3. The molecule has 0 saturated carbocycles. The van der Waals surface area contributed by atoms with Crippen molar-refractivity contribution in [3.8, 4) is 0 Å². The van der Waals surface area contributed by atoms with Crippen LogP contribution in [0.25, 0.3) is 0 Å². The zero-order valence-corrected chi connectivity index (χ0v) is 10.8. The monoisotopic (exact) mass is 249 g/mol. The second-order valence-electron chi connectivity index (χ2n) is 3.99. The van der Waals surface area contributed by atoms with Gasteiger partial charge in [0.15, 0.2) is 0 Å². The number of hydrogen-bond donors (Lipinski definition) is 1. The summed E-state index contributed by atoms with van der Waals surface area (Å²) in [5.41, 5.74) is 1.12. The zero-order valence-electron chi connectivity index (χ0n) is 10.0. The number of aryl methyl sites for hydroxylation is 1. The van der Waals surface area contributed by atoms with Gasteiger partial charge in [0.25, 0.3) is 0 Å². The Hall–Kier alpha value is -1.25. The van der Waals surface area contributed by atoms with E-state index in [-0.39, 0.29) is 6.04 Å². The predicted octanol–water partition coefficient (Wildman–Crippen LogP) is 3.94. The maximum Gasteiger partial charge on any atom is 0.125 e. The number of furan rings is 1. The largest absolute Gasteiger partial charge is 0.464 e. The lowest BCUT2D eigenvalue weighted by Gasteiger charge is -2.16. The normalized spacial score (nSPS) is 12.6. The van der Waals surface area contributed by atoms with Crippen molar-refractivity contribution >= 4 is 11.6 Å². The average Bonchev–Trinajstić information content (AvgIpc) is 2.72. The molecule has 2 nitrogen and oxygen atoms in total. The molecule has 1 heterocycles. The molecule has 0 saturated heterocycles. The molecule has 17 heavy (non-hydrogen) atoms. The van der Waals surface area contributed by atoms with Crippen LogP contribution in [0.5, 0.6) is 0 Å². The van der Waals surface area contributed by atoms with Crippen LogP contribution in [0.1, 0.15) is 30.0 Å². The van der Waals surface area contributed by atoms with Crippen molar-refractivity contribution in [3.05, 3.63) is 58.5 Å².